The number of nitrogens with one attached hydrogen (secondary N) is 2. The molecule has 0 atom stereocenters. The first-order valence-electron chi connectivity index (χ1n) is 9.93. The number of para-hydroxylation sites is 2. The summed E-state index contributed by atoms with van der Waals surface area (Å²) < 4.78 is 0.835. The molecule has 32 heavy (non-hydrogen) atoms. The van der Waals surface area contributed by atoms with E-state index in [1.807, 2.05) is 29.2 Å². The van der Waals surface area contributed by atoms with E-state index in [2.05, 4.69) is 15.5 Å². The molecule has 6 nitrogen and oxygen atoms in total. The van der Waals surface area contributed by atoms with Crippen LogP contribution in [0.5, 0.6) is 0 Å². The lowest BCUT2D eigenvalue weighted by Crippen LogP contribution is -2.48. The molecule has 2 aromatic carbocycles. The third-order valence-corrected chi connectivity index (χ3v) is 7.34. The lowest BCUT2D eigenvalue weighted by molar-refractivity contribution is -0.129. The molecule has 2 heterocycles. The lowest BCUT2D eigenvalue weighted by Gasteiger charge is -2.36. The first kappa shape index (κ1) is 22.8. The van der Waals surface area contributed by atoms with Crippen molar-refractivity contribution >= 4 is 85.1 Å². The number of rotatable bonds is 3. The highest BCUT2D eigenvalue weighted by atomic mass is 35.5. The summed E-state index contributed by atoms with van der Waals surface area (Å²) in [4.78, 5) is 28.8. The van der Waals surface area contributed by atoms with Crippen LogP contribution >= 0.6 is 46.8 Å². The maximum atomic E-state index is 12.8. The molecule has 0 saturated carbocycles. The van der Waals surface area contributed by atoms with Gasteiger partial charge in [0.15, 0.2) is 5.11 Å². The van der Waals surface area contributed by atoms with Gasteiger partial charge in [0.1, 0.15) is 4.88 Å². The molecular formula is C22H20Cl2N4O2S2. The van der Waals surface area contributed by atoms with Crippen LogP contribution < -0.4 is 15.5 Å². The smallest absolute Gasteiger partial charge is 0.269 e. The van der Waals surface area contributed by atoms with Gasteiger partial charge in [0, 0.05) is 48.2 Å². The van der Waals surface area contributed by atoms with E-state index < -0.39 is 0 Å². The molecule has 1 aromatic heterocycles. The summed E-state index contributed by atoms with van der Waals surface area (Å²) in [6, 6.07) is 13.1. The fourth-order valence-corrected chi connectivity index (χ4v) is 5.51. The average Bonchev–Trinajstić information content (AvgIpc) is 3.09. The minimum absolute atomic E-state index is 0.0853. The van der Waals surface area contributed by atoms with Gasteiger partial charge in [0.25, 0.3) is 5.91 Å². The summed E-state index contributed by atoms with van der Waals surface area (Å²) in [5.74, 6) is -0.292. The van der Waals surface area contributed by atoms with Gasteiger partial charge >= 0.3 is 0 Å². The van der Waals surface area contributed by atoms with E-state index in [1.165, 1.54) is 11.3 Å². The number of carbonyl (C=O) groups is 2. The Bertz CT molecular complexity index is 1210. The highest BCUT2D eigenvalue weighted by Gasteiger charge is 2.22. The molecule has 1 fully saturated rings. The Morgan fingerprint density at radius 2 is 1.78 bits per heavy atom. The Kier molecular flexibility index (Phi) is 6.85. The maximum absolute atomic E-state index is 12.8. The molecule has 2 amide bonds. The third kappa shape index (κ3) is 4.83. The van der Waals surface area contributed by atoms with Gasteiger partial charge in [-0.2, -0.15) is 0 Å². The van der Waals surface area contributed by atoms with Gasteiger partial charge in [0.2, 0.25) is 5.91 Å². The number of piperazine rings is 1. The number of nitrogens with zero attached hydrogens (tertiary/aromatic N) is 2. The van der Waals surface area contributed by atoms with Crippen LogP contribution in [0.3, 0.4) is 0 Å². The fourth-order valence-electron chi connectivity index (χ4n) is 3.62. The van der Waals surface area contributed by atoms with Crippen molar-refractivity contribution in [1.82, 2.24) is 10.2 Å². The third-order valence-electron chi connectivity index (χ3n) is 5.24. The molecule has 0 radical (unpaired) electrons. The standard InChI is InChI=1S/C22H20Cl2N4O2S2/c1-13(29)27-8-10-28(11-9-27)17-5-3-2-4-16(17)25-22(31)26-21(30)20-19(24)15-7-6-14(23)12-18(15)32-20/h2-7,12H,8-11H2,1H3,(H2,25,26,30,31). The zero-order valence-electron chi connectivity index (χ0n) is 17.2. The number of halogens is 2. The van der Waals surface area contributed by atoms with Crippen LogP contribution in [-0.2, 0) is 4.79 Å². The molecule has 0 bridgehead atoms. The predicted octanol–water partition coefficient (Wildman–Crippen LogP) is 5.00. The van der Waals surface area contributed by atoms with Crippen molar-refractivity contribution in [2.24, 2.45) is 0 Å². The summed E-state index contributed by atoms with van der Waals surface area (Å²) in [5.41, 5.74) is 1.74. The summed E-state index contributed by atoms with van der Waals surface area (Å²) in [5, 5.41) is 7.76. The Balaban J connectivity index is 1.45. The van der Waals surface area contributed by atoms with Gasteiger partial charge in [-0.15, -0.1) is 11.3 Å². The summed E-state index contributed by atoms with van der Waals surface area (Å²) >= 11 is 19.1. The van der Waals surface area contributed by atoms with E-state index in [0.29, 0.717) is 28.0 Å². The molecule has 1 aliphatic heterocycles. The largest absolute Gasteiger partial charge is 0.366 e. The highest BCUT2D eigenvalue weighted by molar-refractivity contribution is 7.80. The number of thiocarbonyl (C=S) groups is 1. The molecule has 0 aliphatic carbocycles. The van der Waals surface area contributed by atoms with Gasteiger partial charge in [-0.05, 0) is 36.5 Å². The zero-order chi connectivity index (χ0) is 22.8. The van der Waals surface area contributed by atoms with Gasteiger partial charge < -0.3 is 15.1 Å². The first-order chi connectivity index (χ1) is 15.3. The van der Waals surface area contributed by atoms with Crippen LogP contribution in [0.15, 0.2) is 42.5 Å². The second-order valence-corrected chi connectivity index (χ2v) is 9.58. The number of fused-ring (bicyclic) bond motifs is 1. The molecule has 1 aliphatic rings. The van der Waals surface area contributed by atoms with Crippen molar-refractivity contribution in [1.29, 1.82) is 0 Å². The average molecular weight is 507 g/mol. The van der Waals surface area contributed by atoms with Crippen LogP contribution in [0.4, 0.5) is 11.4 Å². The second kappa shape index (κ2) is 9.62. The maximum Gasteiger partial charge on any atom is 0.269 e. The van der Waals surface area contributed by atoms with Gasteiger partial charge in [-0.25, -0.2) is 0 Å². The molecule has 1 saturated heterocycles. The molecular weight excluding hydrogens is 487 g/mol. The quantitative estimate of drug-likeness (QED) is 0.489. The monoisotopic (exact) mass is 506 g/mol. The van der Waals surface area contributed by atoms with E-state index in [4.69, 9.17) is 35.4 Å². The minimum Gasteiger partial charge on any atom is -0.366 e. The number of hydrogen-bond acceptors (Lipinski definition) is 5. The van der Waals surface area contributed by atoms with Crippen molar-refractivity contribution in [2.75, 3.05) is 36.4 Å². The SMILES string of the molecule is CC(=O)N1CCN(c2ccccc2NC(=S)NC(=O)c2sc3cc(Cl)ccc3c2Cl)CC1. The van der Waals surface area contributed by atoms with Crippen molar-refractivity contribution in [3.8, 4) is 0 Å². The van der Waals surface area contributed by atoms with Crippen molar-refractivity contribution in [3.05, 3.63) is 57.4 Å². The van der Waals surface area contributed by atoms with Crippen molar-refractivity contribution in [3.63, 3.8) is 0 Å². The van der Waals surface area contributed by atoms with E-state index in [9.17, 15) is 9.59 Å². The van der Waals surface area contributed by atoms with E-state index in [1.54, 1.807) is 25.1 Å². The Labute approximate surface area is 205 Å². The highest BCUT2D eigenvalue weighted by Crippen LogP contribution is 2.36. The van der Waals surface area contributed by atoms with Gasteiger partial charge in [0.05, 0.1) is 16.4 Å². The Hall–Kier alpha value is -2.39. The van der Waals surface area contributed by atoms with Crippen molar-refractivity contribution in [2.45, 2.75) is 6.92 Å². The molecule has 2 N–H and O–H groups in total. The molecule has 166 valence electrons. The number of anilines is 2. The Morgan fingerprint density at radius 1 is 1.06 bits per heavy atom. The second-order valence-electron chi connectivity index (χ2n) is 7.30. The molecule has 4 rings (SSSR count). The van der Waals surface area contributed by atoms with Crippen LogP contribution in [0.2, 0.25) is 10.0 Å². The van der Waals surface area contributed by atoms with E-state index in [0.717, 1.165) is 34.6 Å². The fraction of sp³-hybridized carbons (Fsp3) is 0.227. The van der Waals surface area contributed by atoms with Crippen LogP contribution in [0.1, 0.15) is 16.6 Å². The van der Waals surface area contributed by atoms with Gasteiger partial charge in [-0.1, -0.05) is 41.4 Å². The number of amides is 2. The normalized spacial score (nSPS) is 13.8. The van der Waals surface area contributed by atoms with E-state index in [-0.39, 0.29) is 16.9 Å². The minimum atomic E-state index is -0.377. The molecule has 3 aromatic rings. The van der Waals surface area contributed by atoms with Crippen LogP contribution in [-0.4, -0.2) is 48.0 Å². The summed E-state index contributed by atoms with van der Waals surface area (Å²) in [6.45, 7) is 4.36. The topological polar surface area (TPSA) is 64.7 Å². The number of carbonyl (C=O) groups excluding carboxylic acids is 2. The van der Waals surface area contributed by atoms with Crippen LogP contribution in [0.25, 0.3) is 10.1 Å². The molecule has 0 unspecified atom stereocenters. The summed E-state index contributed by atoms with van der Waals surface area (Å²) in [6.07, 6.45) is 0. The molecule has 0 spiro atoms. The first-order valence-corrected chi connectivity index (χ1v) is 11.9. The zero-order valence-corrected chi connectivity index (χ0v) is 20.3. The number of hydrogen-bond donors (Lipinski definition) is 2. The molecule has 10 heteroatoms. The Morgan fingerprint density at radius 3 is 2.50 bits per heavy atom. The van der Waals surface area contributed by atoms with Crippen molar-refractivity contribution < 1.29 is 9.59 Å². The lowest BCUT2D eigenvalue weighted by atomic mass is 10.2. The van der Waals surface area contributed by atoms with Crippen LogP contribution in [0, 0.1) is 0 Å². The predicted molar refractivity (Wildman–Crippen MR) is 136 cm³/mol. The summed E-state index contributed by atoms with van der Waals surface area (Å²) in [7, 11) is 0. The number of benzene rings is 2. The van der Waals surface area contributed by atoms with Gasteiger partial charge in [-0.3, -0.25) is 14.9 Å². The number of thiophene rings is 1. The van der Waals surface area contributed by atoms with E-state index >= 15 is 0 Å².